The van der Waals surface area contributed by atoms with Crippen molar-refractivity contribution < 1.29 is 0 Å². The fraction of sp³-hybridized carbons (Fsp3) is 0.250. The summed E-state index contributed by atoms with van der Waals surface area (Å²) in [6.45, 7) is 15.2. The second kappa shape index (κ2) is 9.60. The van der Waals surface area contributed by atoms with Gasteiger partial charge in [0.2, 0.25) is 0 Å². The number of hydrogen-bond acceptors (Lipinski definition) is 14. The molecule has 0 spiro atoms. The van der Waals surface area contributed by atoms with E-state index in [4.69, 9.17) is 69.8 Å². The van der Waals surface area contributed by atoms with Crippen molar-refractivity contribution in [2.24, 2.45) is 0 Å². The van der Waals surface area contributed by atoms with Crippen molar-refractivity contribution in [2.45, 2.75) is 55.4 Å². The Hall–Kier alpha value is -6.32. The molecule has 0 aromatic carbocycles. The average Bonchev–Trinajstić information content (AvgIpc) is 3.74. The van der Waals surface area contributed by atoms with Crippen LogP contribution in [0.2, 0.25) is 0 Å². The summed E-state index contributed by atoms with van der Waals surface area (Å²) in [7, 11) is 0. The molecule has 234 valence electrons. The molecule has 2 aliphatic heterocycles. The molecule has 2 N–H and O–H groups in total. The molecule has 7 aromatic rings. The van der Waals surface area contributed by atoms with Crippen molar-refractivity contribution in [3.05, 3.63) is 45.6 Å². The lowest BCUT2D eigenvalue weighted by atomic mass is 10.2. The number of nitrogens with one attached hydrogen (secondary N) is 2. The number of fused-ring (bicyclic) bond motifs is 20. The van der Waals surface area contributed by atoms with Crippen LogP contribution < -0.4 is 0 Å². The van der Waals surface area contributed by atoms with E-state index in [-0.39, 0.29) is 0 Å². The number of aromatic amines is 2. The van der Waals surface area contributed by atoms with Crippen molar-refractivity contribution in [1.82, 2.24) is 79.7 Å². The van der Waals surface area contributed by atoms with Crippen molar-refractivity contribution in [3.63, 3.8) is 0 Å². The Kier molecular flexibility index (Phi) is 5.59. The summed E-state index contributed by atoms with van der Waals surface area (Å²) in [4.78, 5) is 74.8. The van der Waals surface area contributed by atoms with Gasteiger partial charge in [0.1, 0.15) is 44.8 Å². The molecule has 0 saturated heterocycles. The third kappa shape index (κ3) is 4.01. The topological polar surface area (TPSA) is 212 Å². The van der Waals surface area contributed by atoms with E-state index in [0.29, 0.717) is 90.7 Å². The van der Waals surface area contributed by atoms with Crippen LogP contribution in [0.4, 0.5) is 0 Å². The summed E-state index contributed by atoms with van der Waals surface area (Å²) in [5.74, 6) is 1.26. The highest BCUT2D eigenvalue weighted by Gasteiger charge is 2.27. The van der Waals surface area contributed by atoms with Gasteiger partial charge in [0.05, 0.1) is 45.6 Å². The van der Waals surface area contributed by atoms with E-state index in [1.807, 2.05) is 55.4 Å². The summed E-state index contributed by atoms with van der Waals surface area (Å²) in [5.41, 5.74) is 11.7. The maximum atomic E-state index is 4.95. The molecular weight excluding hydrogens is 608 g/mol. The van der Waals surface area contributed by atoms with Crippen LogP contribution >= 0.6 is 0 Å². The Morgan fingerprint density at radius 2 is 0.458 bits per heavy atom. The van der Waals surface area contributed by atoms with E-state index in [1.54, 1.807) is 0 Å². The Balaban J connectivity index is 1.52. The zero-order valence-electron chi connectivity index (χ0n) is 27.3. The summed E-state index contributed by atoms with van der Waals surface area (Å²) in [5, 5.41) is 0. The molecule has 9 heterocycles. The Bertz CT molecular complexity index is 2410. The number of aromatic nitrogens is 16. The average molecular weight is 635 g/mol. The maximum Gasteiger partial charge on any atom is 0.184 e. The van der Waals surface area contributed by atoms with E-state index >= 15 is 0 Å². The minimum absolute atomic E-state index is 0.316. The molecule has 8 bridgehead atoms. The first-order valence-electron chi connectivity index (χ1n) is 15.3. The molecule has 9 rings (SSSR count). The molecule has 0 saturated carbocycles. The third-order valence-electron chi connectivity index (χ3n) is 8.74. The lowest BCUT2D eigenvalue weighted by molar-refractivity contribution is 1.05. The number of aryl methyl sites for hydroxylation is 8. The minimum atomic E-state index is 0.316. The molecule has 0 atom stereocenters. The summed E-state index contributed by atoms with van der Waals surface area (Å²) >= 11 is 0. The fourth-order valence-electron chi connectivity index (χ4n) is 5.63. The molecule has 0 fully saturated rings. The molecule has 0 unspecified atom stereocenters. The third-order valence-corrected chi connectivity index (χ3v) is 8.74. The molecule has 16 nitrogen and oxygen atoms in total. The maximum absolute atomic E-state index is 4.95. The second-order valence-electron chi connectivity index (χ2n) is 12.0. The lowest BCUT2D eigenvalue weighted by Crippen LogP contribution is -1.97. The van der Waals surface area contributed by atoms with Crippen molar-refractivity contribution >= 4 is 44.7 Å². The van der Waals surface area contributed by atoms with Crippen molar-refractivity contribution in [2.75, 3.05) is 0 Å². The van der Waals surface area contributed by atoms with E-state index in [1.165, 1.54) is 0 Å². The highest BCUT2D eigenvalue weighted by molar-refractivity contribution is 6.01. The Morgan fingerprint density at radius 1 is 0.250 bits per heavy atom. The number of hydrogen-bond donors (Lipinski definition) is 2. The van der Waals surface area contributed by atoms with Gasteiger partial charge in [0.25, 0.3) is 0 Å². The molecule has 48 heavy (non-hydrogen) atoms. The van der Waals surface area contributed by atoms with Crippen LogP contribution in [-0.2, 0) is 0 Å². The number of rotatable bonds is 0. The fourth-order valence-corrected chi connectivity index (χ4v) is 5.63. The van der Waals surface area contributed by atoms with Crippen molar-refractivity contribution in [1.29, 1.82) is 0 Å². The zero-order chi connectivity index (χ0) is 33.2. The first-order chi connectivity index (χ1) is 23.0. The van der Waals surface area contributed by atoms with Gasteiger partial charge in [-0.15, -0.1) is 0 Å². The van der Waals surface area contributed by atoms with Gasteiger partial charge in [0, 0.05) is 0 Å². The van der Waals surface area contributed by atoms with E-state index < -0.39 is 0 Å². The predicted molar refractivity (Wildman–Crippen MR) is 176 cm³/mol. The highest BCUT2D eigenvalue weighted by Crippen LogP contribution is 2.34. The van der Waals surface area contributed by atoms with Crippen LogP contribution in [0.15, 0.2) is 0 Å². The van der Waals surface area contributed by atoms with Crippen LogP contribution in [0, 0.1) is 55.4 Å². The molecule has 0 radical (unpaired) electrons. The van der Waals surface area contributed by atoms with Crippen LogP contribution in [0.5, 0.6) is 0 Å². The Labute approximate surface area is 271 Å². The monoisotopic (exact) mass is 634 g/mol. The van der Waals surface area contributed by atoms with Gasteiger partial charge in [-0.05, 0) is 55.4 Å². The van der Waals surface area contributed by atoms with Gasteiger partial charge in [-0.2, -0.15) is 0 Å². The first kappa shape index (κ1) is 27.9. The molecular formula is C32H26N16. The van der Waals surface area contributed by atoms with Crippen LogP contribution in [-0.4, -0.2) is 79.7 Å². The smallest absolute Gasteiger partial charge is 0.184 e. The normalized spacial score (nSPS) is 12.2. The van der Waals surface area contributed by atoms with Crippen LogP contribution in [0.1, 0.15) is 45.6 Å². The SMILES string of the molecule is Cc1nc2c(nc1C)-c1nc-2nc2[nH]c(nc3nc(nc4[nH]c(n1)c1nc(C)c(C)nc41)-c1nc(C)c(C)nc1-3)c1nc(C)c(C)nc21. The van der Waals surface area contributed by atoms with Gasteiger partial charge in [-0.3, -0.25) is 0 Å². The largest absolute Gasteiger partial charge is 0.321 e. The molecule has 7 aromatic heterocycles. The number of nitrogens with zero attached hydrogens (tertiary/aromatic N) is 14. The van der Waals surface area contributed by atoms with E-state index in [0.717, 1.165) is 45.6 Å². The van der Waals surface area contributed by atoms with Gasteiger partial charge < -0.3 is 9.97 Å². The second-order valence-corrected chi connectivity index (χ2v) is 12.0. The number of H-pyrrole nitrogens is 2. The molecule has 0 amide bonds. The van der Waals surface area contributed by atoms with Crippen LogP contribution in [0.3, 0.4) is 0 Å². The summed E-state index contributed by atoms with van der Waals surface area (Å²) in [6.07, 6.45) is 0. The van der Waals surface area contributed by atoms with Crippen molar-refractivity contribution in [3.8, 4) is 46.1 Å². The van der Waals surface area contributed by atoms with Crippen LogP contribution in [0.25, 0.3) is 90.7 Å². The molecule has 16 heteroatoms. The molecule has 2 aliphatic rings. The lowest BCUT2D eigenvalue weighted by Gasteiger charge is -2.02. The quantitative estimate of drug-likeness (QED) is 0.235. The Morgan fingerprint density at radius 3 is 0.688 bits per heavy atom. The van der Waals surface area contributed by atoms with Gasteiger partial charge >= 0.3 is 0 Å². The standard InChI is InChI=1S/C32H26N16/c1-9-10(2)34-18-17(33-9)25-41-26(18)46-28-21-22(38-14(6)13(5)37-21)30(43-28)48-32-24-23(39-15(7)16(8)40-24)31(44-32)47-29-20-19(27(42-29)45-25)35-11(3)12(4)36-20/h1-8H3,(H2,41,42,43,44,45,46,47,48). The summed E-state index contributed by atoms with van der Waals surface area (Å²) < 4.78 is 0. The zero-order valence-corrected chi connectivity index (χ0v) is 27.3. The van der Waals surface area contributed by atoms with Gasteiger partial charge in [0.15, 0.2) is 45.9 Å². The predicted octanol–water partition coefficient (Wildman–Crippen LogP) is 4.50. The summed E-state index contributed by atoms with van der Waals surface area (Å²) in [6, 6.07) is 0. The minimum Gasteiger partial charge on any atom is -0.321 e. The van der Waals surface area contributed by atoms with E-state index in [2.05, 4.69) is 9.97 Å². The van der Waals surface area contributed by atoms with E-state index in [9.17, 15) is 0 Å². The first-order valence-corrected chi connectivity index (χ1v) is 15.3. The van der Waals surface area contributed by atoms with Gasteiger partial charge in [-0.25, -0.2) is 69.8 Å². The highest BCUT2D eigenvalue weighted by atomic mass is 15.1. The van der Waals surface area contributed by atoms with Gasteiger partial charge in [-0.1, -0.05) is 0 Å². The molecule has 0 aliphatic carbocycles.